The third-order valence-corrected chi connectivity index (χ3v) is 4.26. The van der Waals surface area contributed by atoms with Gasteiger partial charge in [-0.05, 0) is 55.3 Å². The van der Waals surface area contributed by atoms with Crippen LogP contribution in [-0.2, 0) is 4.79 Å². The summed E-state index contributed by atoms with van der Waals surface area (Å²) in [4.78, 5) is 25.9. The summed E-state index contributed by atoms with van der Waals surface area (Å²) in [5, 5.41) is 2.78. The number of halogens is 2. The topological polar surface area (TPSA) is 49.4 Å². The van der Waals surface area contributed by atoms with Gasteiger partial charge in [0.05, 0.1) is 10.7 Å². The van der Waals surface area contributed by atoms with Crippen LogP contribution in [0.25, 0.3) is 0 Å². The molecule has 0 spiro atoms. The number of piperidine rings is 1. The van der Waals surface area contributed by atoms with Crippen LogP contribution in [-0.4, -0.2) is 18.4 Å². The highest BCUT2D eigenvalue weighted by molar-refractivity contribution is 6.33. The fourth-order valence-corrected chi connectivity index (χ4v) is 2.87. The number of carbonyl (C=O) groups excluding carboxylic acids is 2. The van der Waals surface area contributed by atoms with Crippen molar-refractivity contribution in [1.82, 2.24) is 0 Å². The van der Waals surface area contributed by atoms with Crippen molar-refractivity contribution in [3.8, 4) is 0 Å². The van der Waals surface area contributed by atoms with Crippen LogP contribution in [0.5, 0.6) is 0 Å². The second-order valence-corrected chi connectivity index (χ2v) is 6.03. The van der Waals surface area contributed by atoms with Crippen molar-refractivity contribution in [2.75, 3.05) is 16.8 Å². The number of benzene rings is 2. The van der Waals surface area contributed by atoms with E-state index in [0.29, 0.717) is 24.2 Å². The Morgan fingerprint density at radius 1 is 1.12 bits per heavy atom. The second kappa shape index (κ2) is 7.01. The molecule has 0 aliphatic carbocycles. The zero-order chi connectivity index (χ0) is 17.1. The van der Waals surface area contributed by atoms with Gasteiger partial charge in [-0.25, -0.2) is 4.39 Å². The summed E-state index contributed by atoms with van der Waals surface area (Å²) in [6, 6.07) is 10.6. The lowest BCUT2D eigenvalue weighted by Crippen LogP contribution is -2.35. The molecule has 1 aliphatic rings. The van der Waals surface area contributed by atoms with Crippen LogP contribution >= 0.6 is 11.6 Å². The molecule has 1 fully saturated rings. The lowest BCUT2D eigenvalue weighted by Gasteiger charge is -2.26. The van der Waals surface area contributed by atoms with E-state index < -0.39 is 5.82 Å². The molecular weight excluding hydrogens is 331 g/mol. The molecule has 1 saturated heterocycles. The van der Waals surface area contributed by atoms with Gasteiger partial charge in [-0.2, -0.15) is 0 Å². The number of amides is 2. The Labute approximate surface area is 144 Å². The molecule has 24 heavy (non-hydrogen) atoms. The highest BCUT2D eigenvalue weighted by Crippen LogP contribution is 2.24. The second-order valence-electron chi connectivity index (χ2n) is 5.63. The molecule has 0 radical (unpaired) electrons. The Bertz CT molecular complexity index is 777. The van der Waals surface area contributed by atoms with Gasteiger partial charge in [0, 0.05) is 24.2 Å². The normalized spacial score (nSPS) is 14.6. The van der Waals surface area contributed by atoms with Gasteiger partial charge < -0.3 is 10.2 Å². The van der Waals surface area contributed by atoms with Crippen LogP contribution in [0, 0.1) is 5.82 Å². The van der Waals surface area contributed by atoms with Crippen LogP contribution < -0.4 is 10.2 Å². The maximum Gasteiger partial charge on any atom is 0.255 e. The first-order valence-electron chi connectivity index (χ1n) is 7.71. The maximum absolute atomic E-state index is 13.0. The lowest BCUT2D eigenvalue weighted by molar-refractivity contribution is -0.119. The van der Waals surface area contributed by atoms with Crippen molar-refractivity contribution in [1.29, 1.82) is 0 Å². The van der Waals surface area contributed by atoms with E-state index in [1.54, 1.807) is 29.2 Å². The minimum atomic E-state index is -0.464. The standard InChI is InChI=1S/C18H16ClFN2O2/c19-15-11-13(20)6-9-16(15)21-18(24)12-4-7-14(8-5-12)22-10-2-1-3-17(22)23/h4-9,11H,1-3,10H2,(H,21,24). The third kappa shape index (κ3) is 3.57. The molecule has 1 N–H and O–H groups in total. The number of nitrogens with one attached hydrogen (secondary N) is 1. The van der Waals surface area contributed by atoms with Gasteiger partial charge in [-0.3, -0.25) is 9.59 Å². The van der Waals surface area contributed by atoms with E-state index >= 15 is 0 Å². The summed E-state index contributed by atoms with van der Waals surface area (Å²) >= 11 is 5.90. The van der Waals surface area contributed by atoms with Gasteiger partial charge in [0.2, 0.25) is 5.91 Å². The molecule has 1 aliphatic heterocycles. The van der Waals surface area contributed by atoms with Crippen molar-refractivity contribution in [2.24, 2.45) is 0 Å². The molecule has 2 amide bonds. The summed E-state index contributed by atoms with van der Waals surface area (Å²) < 4.78 is 13.0. The molecule has 0 bridgehead atoms. The SMILES string of the molecule is O=C(Nc1ccc(F)cc1Cl)c1ccc(N2CCCCC2=O)cc1. The first-order valence-corrected chi connectivity index (χ1v) is 8.09. The Hall–Kier alpha value is -2.40. The molecule has 0 aromatic heterocycles. The highest BCUT2D eigenvalue weighted by Gasteiger charge is 2.19. The molecule has 3 rings (SSSR count). The molecule has 124 valence electrons. The van der Waals surface area contributed by atoms with Gasteiger partial charge in [0.15, 0.2) is 0 Å². The van der Waals surface area contributed by atoms with E-state index in [1.807, 2.05) is 0 Å². The number of carbonyl (C=O) groups is 2. The third-order valence-electron chi connectivity index (χ3n) is 3.94. The maximum atomic E-state index is 13.0. The van der Waals surface area contributed by atoms with Crippen LogP contribution in [0.4, 0.5) is 15.8 Å². The minimum Gasteiger partial charge on any atom is -0.321 e. The molecule has 0 unspecified atom stereocenters. The van der Waals surface area contributed by atoms with Gasteiger partial charge in [-0.15, -0.1) is 0 Å². The van der Waals surface area contributed by atoms with E-state index in [4.69, 9.17) is 11.6 Å². The fourth-order valence-electron chi connectivity index (χ4n) is 2.66. The first-order chi connectivity index (χ1) is 11.5. The number of rotatable bonds is 3. The smallest absolute Gasteiger partial charge is 0.255 e. The molecule has 2 aromatic carbocycles. The Kier molecular flexibility index (Phi) is 4.81. The summed E-state index contributed by atoms with van der Waals surface area (Å²) in [5.41, 5.74) is 1.57. The predicted octanol–water partition coefficient (Wildman–Crippen LogP) is 4.25. The Morgan fingerprint density at radius 2 is 1.88 bits per heavy atom. The highest BCUT2D eigenvalue weighted by atomic mass is 35.5. The largest absolute Gasteiger partial charge is 0.321 e. The first kappa shape index (κ1) is 16.5. The van der Waals surface area contributed by atoms with E-state index in [9.17, 15) is 14.0 Å². The van der Waals surface area contributed by atoms with Crippen LogP contribution in [0.2, 0.25) is 5.02 Å². The number of hydrogen-bond donors (Lipinski definition) is 1. The van der Waals surface area contributed by atoms with Gasteiger partial charge in [0.25, 0.3) is 5.91 Å². The lowest BCUT2D eigenvalue weighted by atomic mass is 10.1. The average molecular weight is 347 g/mol. The number of anilines is 2. The van der Waals surface area contributed by atoms with E-state index in [2.05, 4.69) is 5.32 Å². The monoisotopic (exact) mass is 346 g/mol. The minimum absolute atomic E-state index is 0.108. The van der Waals surface area contributed by atoms with Crippen LogP contribution in [0.15, 0.2) is 42.5 Å². The molecular formula is C18H16ClFN2O2. The molecule has 2 aromatic rings. The number of nitrogens with zero attached hydrogens (tertiary/aromatic N) is 1. The summed E-state index contributed by atoms with van der Waals surface area (Å²) in [6.45, 7) is 0.704. The van der Waals surface area contributed by atoms with E-state index in [0.717, 1.165) is 24.6 Å². The zero-order valence-corrected chi connectivity index (χ0v) is 13.6. The van der Waals surface area contributed by atoms with Crippen LogP contribution in [0.3, 0.4) is 0 Å². The van der Waals surface area contributed by atoms with Gasteiger partial charge in [0.1, 0.15) is 5.82 Å². The fraction of sp³-hybridized carbons (Fsp3) is 0.222. The van der Waals surface area contributed by atoms with Crippen molar-refractivity contribution in [2.45, 2.75) is 19.3 Å². The summed E-state index contributed by atoms with van der Waals surface area (Å²) in [6.07, 6.45) is 2.47. The van der Waals surface area contributed by atoms with Crippen molar-refractivity contribution in [3.05, 3.63) is 58.9 Å². The van der Waals surface area contributed by atoms with Crippen molar-refractivity contribution in [3.63, 3.8) is 0 Å². The number of hydrogen-bond acceptors (Lipinski definition) is 2. The summed E-state index contributed by atoms with van der Waals surface area (Å²) in [5.74, 6) is -0.704. The Morgan fingerprint density at radius 3 is 2.54 bits per heavy atom. The molecule has 4 nitrogen and oxygen atoms in total. The molecule has 0 atom stereocenters. The zero-order valence-electron chi connectivity index (χ0n) is 12.9. The van der Waals surface area contributed by atoms with Gasteiger partial charge in [-0.1, -0.05) is 11.6 Å². The molecule has 1 heterocycles. The predicted molar refractivity (Wildman–Crippen MR) is 92.0 cm³/mol. The summed E-state index contributed by atoms with van der Waals surface area (Å²) in [7, 11) is 0. The van der Waals surface area contributed by atoms with E-state index in [1.165, 1.54) is 12.1 Å². The molecule has 0 saturated carbocycles. The van der Waals surface area contributed by atoms with Crippen LogP contribution in [0.1, 0.15) is 29.6 Å². The quantitative estimate of drug-likeness (QED) is 0.903. The van der Waals surface area contributed by atoms with Crippen molar-refractivity contribution < 1.29 is 14.0 Å². The van der Waals surface area contributed by atoms with Gasteiger partial charge >= 0.3 is 0 Å². The van der Waals surface area contributed by atoms with E-state index in [-0.39, 0.29) is 16.8 Å². The average Bonchev–Trinajstić information content (AvgIpc) is 2.58. The Balaban J connectivity index is 1.73. The molecule has 6 heteroatoms. The van der Waals surface area contributed by atoms with Crippen molar-refractivity contribution >= 4 is 34.8 Å².